The number of ketones is 3. The molecule has 0 bridgehead atoms. The Morgan fingerprint density at radius 3 is 1.47 bits per heavy atom. The first-order chi connectivity index (χ1) is 26.2. The highest BCUT2D eigenvalue weighted by atomic mass is 128. The number of benzene rings is 4. The number of Topliss-reactive ketones (excluding diaryl/α,β-unsaturated/α-hetero) is 3. The number of carbonyl (C=O) groups is 4. The van der Waals surface area contributed by atoms with E-state index in [9.17, 15) is 24.3 Å². The number of ether oxygens (including phenoxy) is 1. The fraction of sp³-hybridized carbons (Fsp3) is 0.273. The topological polar surface area (TPSA) is 97.7 Å². The van der Waals surface area contributed by atoms with Crippen LogP contribution in [0.25, 0.3) is 5.76 Å². The Morgan fingerprint density at radius 2 is 0.964 bits per heavy atom. The molecule has 6 nitrogen and oxygen atoms in total. The molecule has 1 N–H and O–H groups in total. The molecule has 0 amide bonds. The van der Waals surface area contributed by atoms with Gasteiger partial charge in [0, 0.05) is 69.5 Å². The Kier molecular flexibility index (Phi) is 16.0. The van der Waals surface area contributed by atoms with Crippen molar-refractivity contribution in [3.05, 3.63) is 158 Å². The van der Waals surface area contributed by atoms with Crippen molar-refractivity contribution >= 4 is 113 Å². The number of esters is 1. The fourth-order valence-corrected chi connectivity index (χ4v) is 8.34. The van der Waals surface area contributed by atoms with Gasteiger partial charge in [-0.25, -0.2) is 4.79 Å². The first-order valence-electron chi connectivity index (χ1n) is 18.0. The molecule has 4 aromatic rings. The molecule has 0 aromatic heterocycles. The van der Waals surface area contributed by atoms with Crippen molar-refractivity contribution < 1.29 is 29.0 Å². The summed E-state index contributed by atoms with van der Waals surface area (Å²) in [6, 6.07) is 29.5. The summed E-state index contributed by atoms with van der Waals surface area (Å²) in [6.07, 6.45) is 9.32. The minimum Gasteiger partial charge on any atom is -0.507 e. The largest absolute Gasteiger partial charge is 0.507 e. The van der Waals surface area contributed by atoms with E-state index in [0.29, 0.717) is 39.7 Å². The van der Waals surface area contributed by atoms with Crippen molar-refractivity contribution in [1.82, 2.24) is 0 Å². The molecule has 8 rings (SSSR count). The van der Waals surface area contributed by atoms with Gasteiger partial charge in [-0.1, -0.05) is 89.9 Å². The molecule has 0 saturated heterocycles. The van der Waals surface area contributed by atoms with Gasteiger partial charge in [-0.15, -0.1) is 24.0 Å². The monoisotopic (exact) mass is 1110 g/mol. The minimum absolute atomic E-state index is 0. The number of rotatable bonds is 4. The van der Waals surface area contributed by atoms with Crippen molar-refractivity contribution in [2.75, 3.05) is 0 Å². The second-order valence-electron chi connectivity index (χ2n) is 14.0. The van der Waals surface area contributed by atoms with E-state index in [1.165, 1.54) is 11.1 Å². The maximum Gasteiger partial charge on any atom is 0.344 e. The third kappa shape index (κ3) is 10.1. The lowest BCUT2D eigenvalue weighted by Crippen LogP contribution is -2.29. The SMILES string of the molecule is I.II.O=C1C(=O)c2ccccc2C(O)=C1C1CCC(c2ccc(Cl)cc2)CC1.O=C1O/C(=C\C2CCC(c3ccc(Cl)cc3)CC2)C(=O)c2ccccc21. The highest BCUT2D eigenvalue weighted by Gasteiger charge is 2.38. The van der Waals surface area contributed by atoms with Crippen LogP contribution in [0.1, 0.15) is 111 Å². The molecular weight excluding hydrogens is 1080 g/mol. The zero-order chi connectivity index (χ0) is 38.4. The standard InChI is InChI=1S/2C22H19ClO3.I2.HI/c23-17-11-9-16(10-12-17)15-7-5-14(6-8-15)13-20-21(24)18-3-1-2-4-19(18)22(25)26-20;23-16-11-9-14(10-12-16)13-5-7-15(8-6-13)19-20(24)17-3-1-2-4-18(17)21(25)22(19)26;1-2;/h1-4,9-15H,5-8H2;1-4,9-13,15,24H,5-8H2;;1H/b20-13-;;;. The Bertz CT molecular complexity index is 2100. The van der Waals surface area contributed by atoms with Crippen molar-refractivity contribution in [3.63, 3.8) is 0 Å². The van der Waals surface area contributed by atoms with Crippen LogP contribution < -0.4 is 0 Å². The van der Waals surface area contributed by atoms with E-state index < -0.39 is 17.5 Å². The second kappa shape index (κ2) is 20.2. The first kappa shape index (κ1) is 43.5. The maximum absolute atomic E-state index is 12.6. The van der Waals surface area contributed by atoms with E-state index in [4.69, 9.17) is 27.9 Å². The van der Waals surface area contributed by atoms with Crippen molar-refractivity contribution in [1.29, 1.82) is 0 Å². The molecule has 0 radical (unpaired) electrons. The van der Waals surface area contributed by atoms with E-state index in [0.717, 1.165) is 61.4 Å². The van der Waals surface area contributed by atoms with E-state index in [1.54, 1.807) is 48.5 Å². The van der Waals surface area contributed by atoms with Crippen LogP contribution in [0.3, 0.4) is 0 Å². The predicted octanol–water partition coefficient (Wildman–Crippen LogP) is 13.3. The van der Waals surface area contributed by atoms with Crippen LogP contribution >= 0.6 is 84.4 Å². The molecule has 2 fully saturated rings. The molecular formula is C44H39Cl2I3O6. The average Bonchev–Trinajstić information content (AvgIpc) is 3.21. The van der Waals surface area contributed by atoms with Crippen molar-refractivity contribution in [3.8, 4) is 0 Å². The van der Waals surface area contributed by atoms with Crippen molar-refractivity contribution in [2.24, 2.45) is 11.8 Å². The van der Waals surface area contributed by atoms with Gasteiger partial charge in [-0.3, -0.25) is 14.4 Å². The fourth-order valence-electron chi connectivity index (χ4n) is 8.08. The van der Waals surface area contributed by atoms with Gasteiger partial charge in [-0.2, -0.15) is 0 Å². The van der Waals surface area contributed by atoms with Crippen molar-refractivity contribution in [2.45, 2.75) is 63.2 Å². The number of hydrogen-bond acceptors (Lipinski definition) is 6. The van der Waals surface area contributed by atoms with Crippen LogP contribution in [0.2, 0.25) is 10.0 Å². The smallest absolute Gasteiger partial charge is 0.344 e. The summed E-state index contributed by atoms with van der Waals surface area (Å²) in [5, 5.41) is 12.1. The molecule has 1 aliphatic heterocycles. The number of aliphatic hydroxyl groups excluding tert-OH is 1. The van der Waals surface area contributed by atoms with Gasteiger partial charge in [-0.05, 0) is 123 Å². The summed E-state index contributed by atoms with van der Waals surface area (Å²) in [6.45, 7) is 0. The van der Waals surface area contributed by atoms with Gasteiger partial charge in [0.1, 0.15) is 5.76 Å². The molecule has 4 aromatic carbocycles. The van der Waals surface area contributed by atoms with Crippen LogP contribution in [0, 0.1) is 11.8 Å². The van der Waals surface area contributed by atoms with Crippen LogP contribution in [0.4, 0.5) is 0 Å². The normalized spacial score (nSPS) is 22.5. The summed E-state index contributed by atoms with van der Waals surface area (Å²) in [5.41, 5.74) is 4.44. The molecule has 0 atom stereocenters. The minimum atomic E-state index is -0.545. The molecule has 0 spiro atoms. The molecule has 1 heterocycles. The number of fused-ring (bicyclic) bond motifs is 2. The van der Waals surface area contributed by atoms with Gasteiger partial charge < -0.3 is 9.84 Å². The Balaban J connectivity index is 0.000000199. The number of carbonyl (C=O) groups excluding carboxylic acids is 4. The van der Waals surface area contributed by atoms with Gasteiger partial charge in [0.15, 0.2) is 5.76 Å². The molecule has 0 unspecified atom stereocenters. The zero-order valence-electron chi connectivity index (χ0n) is 29.7. The summed E-state index contributed by atoms with van der Waals surface area (Å²) in [4.78, 5) is 49.7. The lowest BCUT2D eigenvalue weighted by Gasteiger charge is -2.31. The van der Waals surface area contributed by atoms with E-state index >= 15 is 0 Å². The number of aliphatic hydroxyl groups is 1. The van der Waals surface area contributed by atoms with Crippen LogP contribution in [-0.2, 0) is 9.53 Å². The Morgan fingerprint density at radius 1 is 0.545 bits per heavy atom. The van der Waals surface area contributed by atoms with Gasteiger partial charge in [0.05, 0.1) is 5.56 Å². The molecule has 55 heavy (non-hydrogen) atoms. The Hall–Kier alpha value is -2.59. The van der Waals surface area contributed by atoms with Crippen LogP contribution in [-0.4, -0.2) is 28.4 Å². The lowest BCUT2D eigenvalue weighted by molar-refractivity contribution is -0.112. The molecule has 4 aliphatic rings. The highest BCUT2D eigenvalue weighted by molar-refractivity contribution is 15.0. The van der Waals surface area contributed by atoms with Gasteiger partial charge >= 0.3 is 5.97 Å². The van der Waals surface area contributed by atoms with E-state index in [1.807, 2.05) is 30.3 Å². The molecule has 2 saturated carbocycles. The molecule has 3 aliphatic carbocycles. The second-order valence-corrected chi connectivity index (χ2v) is 14.9. The number of halogens is 5. The first-order valence-corrected chi connectivity index (χ1v) is 25.1. The average molecular weight is 1120 g/mol. The summed E-state index contributed by atoms with van der Waals surface area (Å²) in [5.74, 6) is -0.381. The lowest BCUT2D eigenvalue weighted by atomic mass is 9.72. The highest BCUT2D eigenvalue weighted by Crippen LogP contribution is 2.43. The van der Waals surface area contributed by atoms with E-state index in [2.05, 4.69) is 61.5 Å². The third-order valence-electron chi connectivity index (χ3n) is 10.9. The maximum atomic E-state index is 12.6. The summed E-state index contributed by atoms with van der Waals surface area (Å²) < 4.78 is 5.31. The number of allylic oxidation sites excluding steroid dienone is 3. The quantitative estimate of drug-likeness (QED) is 0.0946. The van der Waals surface area contributed by atoms with E-state index in [-0.39, 0.29) is 53.1 Å². The molecule has 286 valence electrons. The number of hydrogen-bond donors (Lipinski definition) is 1. The Labute approximate surface area is 371 Å². The summed E-state index contributed by atoms with van der Waals surface area (Å²) >= 11 is 16.2. The predicted molar refractivity (Wildman–Crippen MR) is 245 cm³/mol. The van der Waals surface area contributed by atoms with Gasteiger partial charge in [0.2, 0.25) is 17.3 Å². The van der Waals surface area contributed by atoms with Gasteiger partial charge in [0.25, 0.3) is 0 Å². The summed E-state index contributed by atoms with van der Waals surface area (Å²) in [7, 11) is 0. The molecule has 11 heteroatoms. The number of cyclic esters (lactones) is 1. The van der Waals surface area contributed by atoms with Crippen LogP contribution in [0.15, 0.2) is 114 Å². The van der Waals surface area contributed by atoms with Crippen LogP contribution in [0.5, 0.6) is 0 Å². The third-order valence-corrected chi connectivity index (χ3v) is 11.4. The zero-order valence-corrected chi connectivity index (χ0v) is 37.8.